The molecule has 36 heavy (non-hydrogen) atoms. The molecule has 0 amide bonds. The first-order chi connectivity index (χ1) is 17.5. The minimum Gasteiger partial charge on any atom is -0.462 e. The second kappa shape index (κ2) is 21.2. The van der Waals surface area contributed by atoms with E-state index in [0.29, 0.717) is 13.2 Å². The monoisotopic (exact) mass is 504 g/mol. The Morgan fingerprint density at radius 1 is 0.583 bits per heavy atom. The van der Waals surface area contributed by atoms with E-state index in [0.717, 1.165) is 51.9 Å². The normalized spacial score (nSPS) is 11.3. The summed E-state index contributed by atoms with van der Waals surface area (Å²) in [6.45, 7) is 9.41. The van der Waals surface area contributed by atoms with Crippen LogP contribution < -0.4 is 0 Å². The van der Waals surface area contributed by atoms with Crippen LogP contribution >= 0.6 is 0 Å². The summed E-state index contributed by atoms with van der Waals surface area (Å²) in [5.74, 6) is -0.916. The highest BCUT2D eigenvalue weighted by Crippen LogP contribution is 2.13. The van der Waals surface area contributed by atoms with E-state index >= 15 is 0 Å². The summed E-state index contributed by atoms with van der Waals surface area (Å²) < 4.78 is 10.9. The molecule has 0 aromatic heterocycles. The lowest BCUT2D eigenvalue weighted by atomic mass is 10.1. The molecule has 1 aromatic rings. The number of benzene rings is 1. The molecule has 0 radical (unpaired) electrons. The van der Waals surface area contributed by atoms with Gasteiger partial charge in [0.15, 0.2) is 0 Å². The molecule has 0 fully saturated rings. The molecule has 206 valence electrons. The zero-order valence-electron chi connectivity index (χ0n) is 23.6. The maximum Gasteiger partial charge on any atom is 0.339 e. The van der Waals surface area contributed by atoms with Crippen molar-refractivity contribution in [3.8, 4) is 0 Å². The van der Waals surface area contributed by atoms with Crippen molar-refractivity contribution < 1.29 is 19.1 Å². The molecular formula is C30H52N2O4. The van der Waals surface area contributed by atoms with Gasteiger partial charge in [0, 0.05) is 0 Å². The Labute approximate surface area is 220 Å². The number of hydrogen-bond donors (Lipinski definition) is 0. The summed E-state index contributed by atoms with van der Waals surface area (Å²) in [5, 5.41) is 0. The number of carbonyl (C=O) groups is 2. The summed E-state index contributed by atoms with van der Waals surface area (Å²) in [6.07, 6.45) is 13.8. The van der Waals surface area contributed by atoms with Crippen molar-refractivity contribution in [1.82, 2.24) is 9.80 Å². The maximum atomic E-state index is 12.6. The number of unbranched alkanes of at least 4 members (excludes halogenated alkanes) is 8. The number of carbonyl (C=O) groups excluding carboxylic acids is 2. The highest BCUT2D eigenvalue weighted by Gasteiger charge is 2.19. The lowest BCUT2D eigenvalue weighted by molar-refractivity contribution is 0.0448. The van der Waals surface area contributed by atoms with Gasteiger partial charge in [-0.05, 0) is 90.9 Å². The van der Waals surface area contributed by atoms with E-state index in [1.807, 2.05) is 0 Å². The van der Waals surface area contributed by atoms with E-state index in [2.05, 4.69) is 37.7 Å². The molecule has 0 bridgehead atoms. The fourth-order valence-electron chi connectivity index (χ4n) is 4.13. The molecule has 0 aliphatic heterocycles. The molecule has 0 saturated heterocycles. The van der Waals surface area contributed by atoms with E-state index < -0.39 is 11.9 Å². The van der Waals surface area contributed by atoms with Crippen LogP contribution in [-0.2, 0) is 9.47 Å². The zero-order valence-corrected chi connectivity index (χ0v) is 23.6. The molecule has 0 saturated carbocycles. The first-order valence-corrected chi connectivity index (χ1v) is 14.3. The highest BCUT2D eigenvalue weighted by molar-refractivity contribution is 6.03. The molecule has 1 rings (SSSR count). The number of rotatable bonds is 22. The first kappa shape index (κ1) is 32.1. The van der Waals surface area contributed by atoms with Crippen molar-refractivity contribution in [2.75, 3.05) is 53.5 Å². The molecule has 0 aliphatic carbocycles. The van der Waals surface area contributed by atoms with E-state index in [1.165, 1.54) is 51.4 Å². The Kier molecular flexibility index (Phi) is 18.9. The van der Waals surface area contributed by atoms with Gasteiger partial charge in [0.2, 0.25) is 0 Å². The van der Waals surface area contributed by atoms with Gasteiger partial charge in [0.05, 0.1) is 24.3 Å². The van der Waals surface area contributed by atoms with Crippen molar-refractivity contribution in [2.24, 2.45) is 0 Å². The van der Waals surface area contributed by atoms with Crippen LogP contribution in [-0.4, -0.2) is 75.2 Å². The molecule has 6 nitrogen and oxygen atoms in total. The van der Waals surface area contributed by atoms with Gasteiger partial charge < -0.3 is 19.3 Å². The van der Waals surface area contributed by atoms with Crippen LogP contribution in [0.2, 0.25) is 0 Å². The Morgan fingerprint density at radius 3 is 1.31 bits per heavy atom. The van der Waals surface area contributed by atoms with Gasteiger partial charge in [-0.2, -0.15) is 0 Å². The second-order valence-corrected chi connectivity index (χ2v) is 9.96. The molecule has 0 heterocycles. The average molecular weight is 505 g/mol. The van der Waals surface area contributed by atoms with Gasteiger partial charge in [0.1, 0.15) is 0 Å². The molecule has 6 heteroatoms. The summed E-state index contributed by atoms with van der Waals surface area (Å²) in [4.78, 5) is 29.9. The highest BCUT2D eigenvalue weighted by atomic mass is 16.5. The van der Waals surface area contributed by atoms with Gasteiger partial charge in [-0.25, -0.2) is 9.59 Å². The minimum atomic E-state index is -0.458. The lowest BCUT2D eigenvalue weighted by Crippen LogP contribution is -2.21. The quantitative estimate of drug-likeness (QED) is 0.131. The Hall–Kier alpha value is -1.92. The number of ether oxygens (including phenoxy) is 2. The summed E-state index contributed by atoms with van der Waals surface area (Å²) >= 11 is 0. The molecule has 0 atom stereocenters. The smallest absolute Gasteiger partial charge is 0.339 e. The Morgan fingerprint density at radius 2 is 0.944 bits per heavy atom. The van der Waals surface area contributed by atoms with Crippen molar-refractivity contribution in [3.63, 3.8) is 0 Å². The van der Waals surface area contributed by atoms with Crippen LogP contribution in [0.4, 0.5) is 0 Å². The van der Waals surface area contributed by atoms with Crippen molar-refractivity contribution in [2.45, 2.75) is 90.9 Å². The Bertz CT molecular complexity index is 651. The van der Waals surface area contributed by atoms with Crippen molar-refractivity contribution in [1.29, 1.82) is 0 Å². The summed E-state index contributed by atoms with van der Waals surface area (Å²) in [5.41, 5.74) is 0.560. The third kappa shape index (κ3) is 15.2. The molecular weight excluding hydrogens is 452 g/mol. The van der Waals surface area contributed by atoms with Crippen LogP contribution in [0, 0.1) is 0 Å². The topological polar surface area (TPSA) is 59.1 Å². The standard InChI is InChI=1S/C30H52N2O4/c1-5-7-9-13-21-31(3)23-15-17-25-35-29(33)27-19-11-12-20-28(27)30(34)36-26-18-16-24-32(4)22-14-10-8-6-2/h11-12,19-20H,5-10,13-18,21-26H2,1-4H3. The third-order valence-corrected chi connectivity index (χ3v) is 6.49. The lowest BCUT2D eigenvalue weighted by Gasteiger charge is -2.16. The number of esters is 2. The second-order valence-electron chi connectivity index (χ2n) is 9.96. The fourth-order valence-corrected chi connectivity index (χ4v) is 4.13. The van der Waals surface area contributed by atoms with Crippen molar-refractivity contribution >= 4 is 11.9 Å². The fraction of sp³-hybridized carbons (Fsp3) is 0.733. The van der Waals surface area contributed by atoms with Crippen LogP contribution in [0.25, 0.3) is 0 Å². The van der Waals surface area contributed by atoms with Crippen LogP contribution in [0.15, 0.2) is 24.3 Å². The summed E-state index contributed by atoms with van der Waals surface area (Å²) in [6, 6.07) is 6.77. The molecule has 1 aromatic carbocycles. The van der Waals surface area contributed by atoms with E-state index in [4.69, 9.17) is 9.47 Å². The predicted octanol–water partition coefficient (Wildman–Crippen LogP) is 6.58. The molecule has 0 aliphatic rings. The van der Waals surface area contributed by atoms with Crippen molar-refractivity contribution in [3.05, 3.63) is 35.4 Å². The minimum absolute atomic E-state index is 0.280. The molecule has 0 spiro atoms. The van der Waals surface area contributed by atoms with Gasteiger partial charge in [-0.3, -0.25) is 0 Å². The van der Waals surface area contributed by atoms with Gasteiger partial charge in [-0.1, -0.05) is 64.5 Å². The number of hydrogen-bond acceptors (Lipinski definition) is 6. The van der Waals surface area contributed by atoms with Gasteiger partial charge in [-0.15, -0.1) is 0 Å². The largest absolute Gasteiger partial charge is 0.462 e. The Balaban J connectivity index is 2.28. The van der Waals surface area contributed by atoms with Crippen LogP contribution in [0.5, 0.6) is 0 Å². The van der Waals surface area contributed by atoms with Crippen LogP contribution in [0.1, 0.15) is 112 Å². The molecule has 0 N–H and O–H groups in total. The summed E-state index contributed by atoms with van der Waals surface area (Å²) in [7, 11) is 4.29. The number of nitrogens with zero attached hydrogens (tertiary/aromatic N) is 2. The van der Waals surface area contributed by atoms with Gasteiger partial charge in [0.25, 0.3) is 0 Å². The van der Waals surface area contributed by atoms with Gasteiger partial charge >= 0.3 is 11.9 Å². The average Bonchev–Trinajstić information content (AvgIpc) is 2.88. The van der Waals surface area contributed by atoms with Crippen LogP contribution in [0.3, 0.4) is 0 Å². The van der Waals surface area contributed by atoms with E-state index in [-0.39, 0.29) is 11.1 Å². The van der Waals surface area contributed by atoms with E-state index in [9.17, 15) is 9.59 Å². The zero-order chi connectivity index (χ0) is 26.4. The third-order valence-electron chi connectivity index (χ3n) is 6.49. The SMILES string of the molecule is CCCCCCN(C)CCCCOC(=O)c1ccccc1C(=O)OCCCCN(C)CCCCCC. The predicted molar refractivity (Wildman–Crippen MR) is 149 cm³/mol. The maximum absolute atomic E-state index is 12.6. The van der Waals surface area contributed by atoms with E-state index in [1.54, 1.807) is 24.3 Å². The molecule has 0 unspecified atom stereocenters. The first-order valence-electron chi connectivity index (χ1n) is 14.3.